The van der Waals surface area contributed by atoms with Crippen LogP contribution in [0.2, 0.25) is 0 Å². The van der Waals surface area contributed by atoms with Crippen LogP contribution in [0.1, 0.15) is 32.1 Å². The van der Waals surface area contributed by atoms with Gasteiger partial charge in [-0.3, -0.25) is 0 Å². The van der Waals surface area contributed by atoms with E-state index in [-0.39, 0.29) is 6.03 Å². The fraction of sp³-hybridized carbons (Fsp3) is 0.778. The molecule has 1 rings (SSSR count). The van der Waals surface area contributed by atoms with Crippen molar-refractivity contribution in [1.82, 2.24) is 10.6 Å². The monoisotopic (exact) mass is 181 g/mol. The number of nitrogens with one attached hydrogen (secondary N) is 2. The van der Waals surface area contributed by atoms with Gasteiger partial charge < -0.3 is 10.6 Å². The zero-order valence-electron chi connectivity index (χ0n) is 7.68. The number of amides is 2. The summed E-state index contributed by atoms with van der Waals surface area (Å²) in [4.78, 5) is 11.1. The van der Waals surface area contributed by atoms with E-state index in [2.05, 4.69) is 10.6 Å². The Balaban J connectivity index is 2.07. The van der Waals surface area contributed by atoms with Crippen LogP contribution in [0.15, 0.2) is 0 Å². The Morgan fingerprint density at radius 2 is 2.15 bits per heavy atom. The normalized spacial score (nSPS) is 16.5. The van der Waals surface area contributed by atoms with E-state index in [0.29, 0.717) is 19.0 Å². The third-order valence-corrected chi connectivity index (χ3v) is 2.21. The van der Waals surface area contributed by atoms with Gasteiger partial charge in [-0.15, -0.1) is 0 Å². The molecule has 1 saturated carbocycles. The summed E-state index contributed by atoms with van der Waals surface area (Å²) >= 11 is 0. The van der Waals surface area contributed by atoms with Crippen molar-refractivity contribution in [1.29, 1.82) is 5.26 Å². The number of carbonyl (C=O) groups excluding carboxylic acids is 1. The lowest BCUT2D eigenvalue weighted by Gasteiger charge is -2.11. The van der Waals surface area contributed by atoms with Crippen LogP contribution in [0, 0.1) is 11.3 Å². The van der Waals surface area contributed by atoms with Gasteiger partial charge in [-0.05, 0) is 12.8 Å². The van der Waals surface area contributed by atoms with Crippen LogP contribution < -0.4 is 10.6 Å². The van der Waals surface area contributed by atoms with Gasteiger partial charge in [0.15, 0.2) is 0 Å². The predicted molar refractivity (Wildman–Crippen MR) is 49.0 cm³/mol. The molecule has 0 saturated heterocycles. The zero-order chi connectivity index (χ0) is 9.52. The minimum absolute atomic E-state index is 0.137. The van der Waals surface area contributed by atoms with Crippen LogP contribution in [0.4, 0.5) is 4.79 Å². The molecule has 4 heteroatoms. The molecule has 13 heavy (non-hydrogen) atoms. The van der Waals surface area contributed by atoms with Crippen LogP contribution in [-0.4, -0.2) is 18.6 Å². The molecule has 4 nitrogen and oxygen atoms in total. The Hall–Kier alpha value is -1.24. The molecule has 2 amide bonds. The van der Waals surface area contributed by atoms with Crippen LogP contribution in [0.5, 0.6) is 0 Å². The summed E-state index contributed by atoms with van der Waals surface area (Å²) in [6.45, 7) is 0.440. The summed E-state index contributed by atoms with van der Waals surface area (Å²) in [7, 11) is 0. The van der Waals surface area contributed by atoms with E-state index in [1.165, 1.54) is 12.8 Å². The molecule has 0 radical (unpaired) electrons. The lowest BCUT2D eigenvalue weighted by Crippen LogP contribution is -2.41. The first-order chi connectivity index (χ1) is 6.33. The highest BCUT2D eigenvalue weighted by molar-refractivity contribution is 5.74. The average molecular weight is 181 g/mol. The number of hydrogen-bond donors (Lipinski definition) is 2. The van der Waals surface area contributed by atoms with Crippen molar-refractivity contribution in [3.8, 4) is 6.07 Å². The number of nitrogens with zero attached hydrogens (tertiary/aromatic N) is 1. The molecule has 0 aliphatic heterocycles. The van der Waals surface area contributed by atoms with Crippen LogP contribution >= 0.6 is 0 Å². The maximum atomic E-state index is 11.1. The Kier molecular flexibility index (Phi) is 4.10. The minimum Gasteiger partial charge on any atom is -0.337 e. The van der Waals surface area contributed by atoms with Crippen molar-refractivity contribution in [2.75, 3.05) is 6.54 Å². The van der Waals surface area contributed by atoms with Crippen LogP contribution in [0.25, 0.3) is 0 Å². The van der Waals surface area contributed by atoms with Gasteiger partial charge in [-0.25, -0.2) is 4.79 Å². The standard InChI is InChI=1S/C9H15N3O/c10-6-3-7-11-9(13)12-8-4-1-2-5-8/h8H,1-5,7H2,(H2,11,12,13). The first kappa shape index (κ1) is 9.85. The van der Waals surface area contributed by atoms with Gasteiger partial charge in [-0.1, -0.05) is 12.8 Å². The van der Waals surface area contributed by atoms with Crippen LogP contribution in [0.3, 0.4) is 0 Å². The second kappa shape index (κ2) is 5.41. The molecule has 0 aromatic carbocycles. The molecular formula is C9H15N3O. The van der Waals surface area contributed by atoms with E-state index in [9.17, 15) is 4.79 Å². The Morgan fingerprint density at radius 3 is 2.77 bits per heavy atom. The fourth-order valence-corrected chi connectivity index (χ4v) is 1.54. The van der Waals surface area contributed by atoms with Gasteiger partial charge in [0.25, 0.3) is 0 Å². The molecule has 0 atom stereocenters. The van der Waals surface area contributed by atoms with Gasteiger partial charge in [0.1, 0.15) is 0 Å². The second-order valence-electron chi connectivity index (χ2n) is 3.29. The van der Waals surface area contributed by atoms with Crippen molar-refractivity contribution in [2.24, 2.45) is 0 Å². The number of urea groups is 1. The molecular weight excluding hydrogens is 166 g/mol. The average Bonchev–Trinajstić information content (AvgIpc) is 2.57. The molecule has 0 heterocycles. The van der Waals surface area contributed by atoms with Crippen molar-refractivity contribution in [3.05, 3.63) is 0 Å². The van der Waals surface area contributed by atoms with E-state index < -0.39 is 0 Å². The lowest BCUT2D eigenvalue weighted by atomic mass is 10.2. The lowest BCUT2D eigenvalue weighted by molar-refractivity contribution is 0.237. The van der Waals surface area contributed by atoms with E-state index in [1.54, 1.807) is 0 Å². The molecule has 0 spiro atoms. The maximum Gasteiger partial charge on any atom is 0.315 e. The van der Waals surface area contributed by atoms with E-state index >= 15 is 0 Å². The largest absolute Gasteiger partial charge is 0.337 e. The van der Waals surface area contributed by atoms with Crippen molar-refractivity contribution < 1.29 is 4.79 Å². The number of nitriles is 1. The third kappa shape index (κ3) is 3.79. The summed E-state index contributed by atoms with van der Waals surface area (Å²) in [5.74, 6) is 0. The topological polar surface area (TPSA) is 64.9 Å². The highest BCUT2D eigenvalue weighted by atomic mass is 16.2. The van der Waals surface area contributed by atoms with Gasteiger partial charge in [-0.2, -0.15) is 5.26 Å². The first-order valence-electron chi connectivity index (χ1n) is 4.74. The van der Waals surface area contributed by atoms with E-state index in [1.807, 2.05) is 6.07 Å². The predicted octanol–water partition coefficient (Wildman–Crippen LogP) is 1.14. The fourth-order valence-electron chi connectivity index (χ4n) is 1.54. The first-order valence-corrected chi connectivity index (χ1v) is 4.74. The van der Waals surface area contributed by atoms with Gasteiger partial charge in [0.05, 0.1) is 12.5 Å². The van der Waals surface area contributed by atoms with Crippen molar-refractivity contribution in [3.63, 3.8) is 0 Å². The Labute approximate surface area is 78.3 Å². The summed E-state index contributed by atoms with van der Waals surface area (Å²) in [5, 5.41) is 13.8. The maximum absolute atomic E-state index is 11.1. The summed E-state index contributed by atoms with van der Waals surface area (Å²) in [6, 6.07) is 2.19. The summed E-state index contributed by atoms with van der Waals surface area (Å²) in [6.07, 6.45) is 4.97. The van der Waals surface area contributed by atoms with Crippen molar-refractivity contribution in [2.45, 2.75) is 38.1 Å². The molecule has 0 aromatic rings. The third-order valence-electron chi connectivity index (χ3n) is 2.21. The van der Waals surface area contributed by atoms with Crippen molar-refractivity contribution >= 4 is 6.03 Å². The molecule has 0 aromatic heterocycles. The summed E-state index contributed by atoms with van der Waals surface area (Å²) in [5.41, 5.74) is 0. The number of rotatable bonds is 3. The SMILES string of the molecule is N#CCCNC(=O)NC1CCCC1. The van der Waals surface area contributed by atoms with Gasteiger partial charge >= 0.3 is 6.03 Å². The molecule has 0 unspecified atom stereocenters. The number of hydrogen-bond acceptors (Lipinski definition) is 2. The Bertz CT molecular complexity index is 203. The van der Waals surface area contributed by atoms with E-state index in [4.69, 9.17) is 5.26 Å². The van der Waals surface area contributed by atoms with Gasteiger partial charge in [0.2, 0.25) is 0 Å². The minimum atomic E-state index is -0.137. The Morgan fingerprint density at radius 1 is 1.46 bits per heavy atom. The smallest absolute Gasteiger partial charge is 0.315 e. The molecule has 72 valence electrons. The number of carbonyl (C=O) groups is 1. The highest BCUT2D eigenvalue weighted by Gasteiger charge is 2.16. The molecule has 2 N–H and O–H groups in total. The molecule has 1 fully saturated rings. The second-order valence-corrected chi connectivity index (χ2v) is 3.29. The molecule has 1 aliphatic carbocycles. The highest BCUT2D eigenvalue weighted by Crippen LogP contribution is 2.17. The molecule has 0 bridgehead atoms. The quantitative estimate of drug-likeness (QED) is 0.641. The molecule has 1 aliphatic rings. The summed E-state index contributed by atoms with van der Waals surface area (Å²) < 4.78 is 0. The van der Waals surface area contributed by atoms with Gasteiger partial charge in [0, 0.05) is 12.6 Å². The van der Waals surface area contributed by atoms with E-state index in [0.717, 1.165) is 12.8 Å². The zero-order valence-corrected chi connectivity index (χ0v) is 7.68. The van der Waals surface area contributed by atoms with Crippen LogP contribution in [-0.2, 0) is 0 Å².